The number of carbonyl (C=O) groups excluding carboxylic acids is 1. The lowest BCUT2D eigenvalue weighted by atomic mass is 10.3. The first-order valence-electron chi connectivity index (χ1n) is 6.01. The predicted octanol–water partition coefficient (Wildman–Crippen LogP) is 1.49. The molecule has 0 aliphatic heterocycles. The Morgan fingerprint density at radius 3 is 2.89 bits per heavy atom. The highest BCUT2D eigenvalue weighted by Gasteiger charge is 2.12. The van der Waals surface area contributed by atoms with Gasteiger partial charge in [0.15, 0.2) is 0 Å². The molecule has 2 amide bonds. The minimum atomic E-state index is -0.939. The van der Waals surface area contributed by atoms with Gasteiger partial charge in [-0.3, -0.25) is 4.79 Å². The van der Waals surface area contributed by atoms with Gasteiger partial charge >= 0.3 is 12.0 Å². The van der Waals surface area contributed by atoms with Crippen molar-refractivity contribution in [1.29, 1.82) is 0 Å². The molecule has 0 aliphatic rings. The van der Waals surface area contributed by atoms with E-state index in [0.717, 1.165) is 5.76 Å². The number of carbonyl (C=O) groups is 2. The monoisotopic (exact) mass is 266 g/mol. The maximum Gasteiger partial charge on any atom is 0.317 e. The second-order valence-electron chi connectivity index (χ2n) is 3.94. The minimum Gasteiger partial charge on any atom is -0.481 e. The van der Waals surface area contributed by atoms with Crippen molar-refractivity contribution in [1.82, 2.24) is 10.2 Å². The Morgan fingerprint density at radius 1 is 1.53 bits per heavy atom. The molecule has 0 saturated heterocycles. The highest BCUT2D eigenvalue weighted by molar-refractivity contribution is 5.75. The molecule has 0 aromatic carbocycles. The number of furan rings is 1. The summed E-state index contributed by atoms with van der Waals surface area (Å²) in [6.45, 7) is 4.60. The lowest BCUT2D eigenvalue weighted by Gasteiger charge is -2.20. The Kier molecular flexibility index (Phi) is 6.21. The van der Waals surface area contributed by atoms with Gasteiger partial charge in [0.05, 0.1) is 12.7 Å². The van der Waals surface area contributed by atoms with Gasteiger partial charge in [-0.25, -0.2) is 4.79 Å². The molecule has 0 fully saturated rings. The molecule has 0 aliphatic carbocycles. The smallest absolute Gasteiger partial charge is 0.317 e. The number of urea groups is 1. The van der Waals surface area contributed by atoms with E-state index in [1.165, 1.54) is 0 Å². The molecule has 0 bridgehead atoms. The summed E-state index contributed by atoms with van der Waals surface area (Å²) in [5.41, 5.74) is 0. The Hall–Kier alpha value is -2.24. The molecule has 0 spiro atoms. The predicted molar refractivity (Wildman–Crippen MR) is 69.8 cm³/mol. The number of nitrogens with zero attached hydrogens (tertiary/aromatic N) is 1. The zero-order valence-electron chi connectivity index (χ0n) is 10.7. The fourth-order valence-electron chi connectivity index (χ4n) is 1.52. The van der Waals surface area contributed by atoms with E-state index in [4.69, 9.17) is 9.52 Å². The molecule has 0 unspecified atom stereocenters. The second-order valence-corrected chi connectivity index (χ2v) is 3.94. The van der Waals surface area contributed by atoms with Crippen molar-refractivity contribution in [2.45, 2.75) is 12.8 Å². The van der Waals surface area contributed by atoms with Gasteiger partial charge in [-0.05, 0) is 12.1 Å². The van der Waals surface area contributed by atoms with Crippen LogP contribution in [0.2, 0.25) is 0 Å². The van der Waals surface area contributed by atoms with E-state index in [1.54, 1.807) is 23.3 Å². The molecule has 1 heterocycles. The van der Waals surface area contributed by atoms with Crippen LogP contribution in [0.25, 0.3) is 0 Å². The van der Waals surface area contributed by atoms with E-state index < -0.39 is 5.97 Å². The molecule has 0 radical (unpaired) electrons. The maximum absolute atomic E-state index is 11.8. The average Bonchev–Trinajstić information content (AvgIpc) is 2.86. The summed E-state index contributed by atoms with van der Waals surface area (Å²) in [4.78, 5) is 23.7. The van der Waals surface area contributed by atoms with Gasteiger partial charge < -0.3 is 19.7 Å². The number of carboxylic acid groups (broad SMARTS) is 1. The summed E-state index contributed by atoms with van der Waals surface area (Å²) in [6.07, 6.45) is 3.72. The summed E-state index contributed by atoms with van der Waals surface area (Å²) in [7, 11) is 0. The van der Waals surface area contributed by atoms with Gasteiger partial charge in [-0.15, -0.1) is 6.58 Å². The van der Waals surface area contributed by atoms with E-state index in [0.29, 0.717) is 19.5 Å². The van der Waals surface area contributed by atoms with Crippen LogP contribution in [-0.4, -0.2) is 41.6 Å². The van der Waals surface area contributed by atoms with Gasteiger partial charge in [0, 0.05) is 26.1 Å². The van der Waals surface area contributed by atoms with Gasteiger partial charge in [0.25, 0.3) is 0 Å². The highest BCUT2D eigenvalue weighted by Crippen LogP contribution is 2.03. The molecular formula is C13H18N2O4. The highest BCUT2D eigenvalue weighted by atomic mass is 16.4. The van der Waals surface area contributed by atoms with Crippen LogP contribution in [-0.2, 0) is 11.2 Å². The van der Waals surface area contributed by atoms with Crippen molar-refractivity contribution in [3.8, 4) is 0 Å². The van der Waals surface area contributed by atoms with Crippen molar-refractivity contribution >= 4 is 12.0 Å². The SMILES string of the molecule is C=CCN(CCc1ccco1)C(=O)NCCC(=O)O. The summed E-state index contributed by atoms with van der Waals surface area (Å²) >= 11 is 0. The number of nitrogens with one attached hydrogen (secondary N) is 1. The van der Waals surface area contributed by atoms with E-state index >= 15 is 0 Å². The topological polar surface area (TPSA) is 82.8 Å². The number of hydrogen-bond donors (Lipinski definition) is 2. The first kappa shape index (κ1) is 14.8. The lowest BCUT2D eigenvalue weighted by molar-refractivity contribution is -0.136. The number of carboxylic acids is 1. The van der Waals surface area contributed by atoms with Gasteiger partial charge in [0.2, 0.25) is 0 Å². The fourth-order valence-corrected chi connectivity index (χ4v) is 1.52. The molecule has 1 aromatic rings. The van der Waals surface area contributed by atoms with Crippen LogP contribution < -0.4 is 5.32 Å². The Balaban J connectivity index is 2.39. The van der Waals surface area contributed by atoms with Crippen molar-refractivity contribution in [3.05, 3.63) is 36.8 Å². The number of rotatable bonds is 8. The van der Waals surface area contributed by atoms with Crippen LogP contribution in [0, 0.1) is 0 Å². The molecule has 6 heteroatoms. The third kappa shape index (κ3) is 5.76. The summed E-state index contributed by atoms with van der Waals surface area (Å²) in [5.74, 6) is -0.140. The first-order chi connectivity index (χ1) is 9.13. The normalized spacial score (nSPS) is 9.89. The first-order valence-corrected chi connectivity index (χ1v) is 6.01. The van der Waals surface area contributed by atoms with E-state index in [9.17, 15) is 9.59 Å². The standard InChI is InChI=1S/C13H18N2O4/c1-2-8-15(9-6-11-4-3-10-19-11)13(18)14-7-5-12(16)17/h2-4,10H,1,5-9H2,(H,14,18)(H,16,17). The van der Waals surface area contributed by atoms with Crippen LogP contribution in [0.4, 0.5) is 4.79 Å². The molecule has 19 heavy (non-hydrogen) atoms. The molecular weight excluding hydrogens is 248 g/mol. The van der Waals surface area contributed by atoms with Crippen molar-refractivity contribution in [3.63, 3.8) is 0 Å². The molecule has 0 saturated carbocycles. The third-order valence-corrected chi connectivity index (χ3v) is 2.46. The zero-order valence-corrected chi connectivity index (χ0v) is 10.7. The second kappa shape index (κ2) is 7.97. The van der Waals surface area contributed by atoms with E-state index in [1.807, 2.05) is 6.07 Å². The van der Waals surface area contributed by atoms with Gasteiger partial charge in [-0.2, -0.15) is 0 Å². The van der Waals surface area contributed by atoms with Crippen molar-refractivity contribution in [2.75, 3.05) is 19.6 Å². The van der Waals surface area contributed by atoms with E-state index in [2.05, 4.69) is 11.9 Å². The fraction of sp³-hybridized carbons (Fsp3) is 0.385. The number of amides is 2. The van der Waals surface area contributed by atoms with E-state index in [-0.39, 0.29) is 19.0 Å². The number of aliphatic carboxylic acids is 1. The molecule has 0 atom stereocenters. The Morgan fingerprint density at radius 2 is 2.32 bits per heavy atom. The van der Waals surface area contributed by atoms with Crippen LogP contribution in [0.15, 0.2) is 35.5 Å². The Labute approximate surface area is 111 Å². The molecule has 2 N–H and O–H groups in total. The largest absolute Gasteiger partial charge is 0.481 e. The molecule has 104 valence electrons. The Bertz CT molecular complexity index is 414. The van der Waals surface area contributed by atoms with Crippen molar-refractivity contribution in [2.24, 2.45) is 0 Å². The van der Waals surface area contributed by atoms with Crippen molar-refractivity contribution < 1.29 is 19.1 Å². The third-order valence-electron chi connectivity index (χ3n) is 2.46. The van der Waals surface area contributed by atoms with Crippen LogP contribution in [0.1, 0.15) is 12.2 Å². The minimum absolute atomic E-state index is 0.0914. The zero-order chi connectivity index (χ0) is 14.1. The average molecular weight is 266 g/mol. The van der Waals surface area contributed by atoms with Crippen LogP contribution in [0.5, 0.6) is 0 Å². The van der Waals surface area contributed by atoms with Crippen LogP contribution in [0.3, 0.4) is 0 Å². The summed E-state index contributed by atoms with van der Waals surface area (Å²) in [5, 5.41) is 11.1. The lowest BCUT2D eigenvalue weighted by Crippen LogP contribution is -2.41. The summed E-state index contributed by atoms with van der Waals surface area (Å²) < 4.78 is 5.19. The molecule has 6 nitrogen and oxygen atoms in total. The van der Waals surface area contributed by atoms with Gasteiger partial charge in [-0.1, -0.05) is 6.08 Å². The molecule has 1 aromatic heterocycles. The quantitative estimate of drug-likeness (QED) is 0.698. The summed E-state index contributed by atoms with van der Waals surface area (Å²) in [6, 6.07) is 3.34. The van der Waals surface area contributed by atoms with Gasteiger partial charge in [0.1, 0.15) is 5.76 Å². The maximum atomic E-state index is 11.8. The van der Waals surface area contributed by atoms with Crippen LogP contribution >= 0.6 is 0 Å². The molecule has 1 rings (SSSR count). The number of hydrogen-bond acceptors (Lipinski definition) is 3.